The maximum absolute atomic E-state index is 12.4. The molecule has 3 aromatic rings. The predicted octanol–water partition coefficient (Wildman–Crippen LogP) is 1.81. The summed E-state index contributed by atoms with van der Waals surface area (Å²) in [6, 6.07) is 13.1. The van der Waals surface area contributed by atoms with E-state index in [1.165, 1.54) is 0 Å². The SMILES string of the molecule is CCNC(=NCc1ccccc1CS(=O)(=O)NC(C)C)NCc1nnc2ccccn12. The molecule has 0 aliphatic heterocycles. The Morgan fingerprint density at radius 2 is 1.81 bits per heavy atom. The molecule has 2 heterocycles. The van der Waals surface area contributed by atoms with Crippen molar-refractivity contribution in [3.05, 3.63) is 65.6 Å². The van der Waals surface area contributed by atoms with Gasteiger partial charge in [0.1, 0.15) is 0 Å². The van der Waals surface area contributed by atoms with Crippen molar-refractivity contribution in [3.63, 3.8) is 0 Å². The van der Waals surface area contributed by atoms with Crippen molar-refractivity contribution in [2.75, 3.05) is 6.54 Å². The van der Waals surface area contributed by atoms with E-state index in [9.17, 15) is 8.42 Å². The largest absolute Gasteiger partial charge is 0.357 e. The zero-order chi connectivity index (χ0) is 22.3. The Morgan fingerprint density at radius 3 is 2.55 bits per heavy atom. The van der Waals surface area contributed by atoms with Gasteiger partial charge in [-0.3, -0.25) is 4.40 Å². The fourth-order valence-corrected chi connectivity index (χ4v) is 4.63. The summed E-state index contributed by atoms with van der Waals surface area (Å²) < 4.78 is 29.3. The minimum Gasteiger partial charge on any atom is -0.357 e. The molecule has 9 nitrogen and oxygen atoms in total. The van der Waals surface area contributed by atoms with E-state index in [1.54, 1.807) is 13.8 Å². The first-order valence-corrected chi connectivity index (χ1v) is 11.9. The van der Waals surface area contributed by atoms with Gasteiger partial charge < -0.3 is 10.6 Å². The van der Waals surface area contributed by atoms with Gasteiger partial charge in [0.05, 0.1) is 18.8 Å². The van der Waals surface area contributed by atoms with Crippen LogP contribution in [0.3, 0.4) is 0 Å². The Morgan fingerprint density at radius 1 is 1.06 bits per heavy atom. The molecule has 0 bridgehead atoms. The first kappa shape index (κ1) is 22.7. The summed E-state index contributed by atoms with van der Waals surface area (Å²) in [5, 5.41) is 14.8. The third-order valence-corrected chi connectivity index (χ3v) is 5.95. The number of hydrogen-bond acceptors (Lipinski definition) is 5. The Hall–Kier alpha value is -2.98. The third kappa shape index (κ3) is 6.50. The predicted molar refractivity (Wildman–Crippen MR) is 122 cm³/mol. The van der Waals surface area contributed by atoms with Crippen LogP contribution in [0.5, 0.6) is 0 Å². The highest BCUT2D eigenvalue weighted by Crippen LogP contribution is 2.14. The van der Waals surface area contributed by atoms with E-state index < -0.39 is 10.0 Å². The first-order chi connectivity index (χ1) is 14.9. The molecule has 0 atom stereocenters. The summed E-state index contributed by atoms with van der Waals surface area (Å²) in [5.41, 5.74) is 2.38. The fourth-order valence-electron chi connectivity index (χ4n) is 3.14. The van der Waals surface area contributed by atoms with Gasteiger partial charge >= 0.3 is 0 Å². The number of pyridine rings is 1. The van der Waals surface area contributed by atoms with Gasteiger partial charge in [0.15, 0.2) is 17.4 Å². The van der Waals surface area contributed by atoms with E-state index in [0.717, 1.165) is 22.6 Å². The average molecular weight is 444 g/mol. The van der Waals surface area contributed by atoms with Crippen LogP contribution in [0.4, 0.5) is 0 Å². The molecule has 0 amide bonds. The lowest BCUT2D eigenvalue weighted by Gasteiger charge is -2.13. The van der Waals surface area contributed by atoms with E-state index in [2.05, 4.69) is 30.5 Å². The Bertz CT molecular complexity index is 1140. The van der Waals surface area contributed by atoms with Crippen LogP contribution < -0.4 is 15.4 Å². The van der Waals surface area contributed by atoms with Gasteiger partial charge in [-0.15, -0.1) is 10.2 Å². The number of nitrogens with one attached hydrogen (secondary N) is 3. The maximum Gasteiger partial charge on any atom is 0.216 e. The fraction of sp³-hybridized carbons (Fsp3) is 0.381. The van der Waals surface area contributed by atoms with Crippen LogP contribution in [-0.4, -0.2) is 41.6 Å². The van der Waals surface area contributed by atoms with E-state index in [1.807, 2.05) is 60.0 Å². The zero-order valence-corrected chi connectivity index (χ0v) is 18.9. The molecule has 0 spiro atoms. The number of benzene rings is 1. The molecule has 1 aromatic carbocycles. The second kappa shape index (κ2) is 10.4. The van der Waals surface area contributed by atoms with Crippen LogP contribution in [0.25, 0.3) is 5.65 Å². The molecule has 0 aliphatic carbocycles. The minimum atomic E-state index is -3.41. The van der Waals surface area contributed by atoms with Gasteiger partial charge in [0.25, 0.3) is 0 Å². The van der Waals surface area contributed by atoms with Crippen LogP contribution in [-0.2, 0) is 28.9 Å². The van der Waals surface area contributed by atoms with Gasteiger partial charge in [-0.25, -0.2) is 18.1 Å². The third-order valence-electron chi connectivity index (χ3n) is 4.43. The number of fused-ring (bicyclic) bond motifs is 1. The van der Waals surface area contributed by atoms with Crippen LogP contribution in [0.2, 0.25) is 0 Å². The zero-order valence-electron chi connectivity index (χ0n) is 18.0. The Labute approximate surface area is 183 Å². The minimum absolute atomic E-state index is 0.0768. The molecule has 0 saturated heterocycles. The standard InChI is InChI=1S/C21H29N7O2S/c1-4-22-21(24-14-20-26-25-19-11-7-8-12-28(19)20)23-13-17-9-5-6-10-18(17)15-31(29,30)27-16(2)3/h5-12,16,27H,4,13-15H2,1-3H3,(H2,22,23,24). The molecule has 31 heavy (non-hydrogen) atoms. The molecular formula is C21H29N7O2S. The molecule has 10 heteroatoms. The van der Waals surface area contributed by atoms with Crippen LogP contribution in [0, 0.1) is 0 Å². The molecular weight excluding hydrogens is 414 g/mol. The summed E-state index contributed by atoms with van der Waals surface area (Å²) in [7, 11) is -3.41. The smallest absolute Gasteiger partial charge is 0.216 e. The van der Waals surface area contributed by atoms with Gasteiger partial charge in [-0.05, 0) is 44.0 Å². The molecule has 3 rings (SSSR count). The summed E-state index contributed by atoms with van der Waals surface area (Å²) in [4.78, 5) is 4.64. The molecule has 2 aromatic heterocycles. The van der Waals surface area contributed by atoms with Gasteiger partial charge in [-0.2, -0.15) is 0 Å². The highest BCUT2D eigenvalue weighted by Gasteiger charge is 2.15. The molecule has 0 aliphatic rings. The van der Waals surface area contributed by atoms with Crippen molar-refractivity contribution >= 4 is 21.6 Å². The topological polar surface area (TPSA) is 113 Å². The normalized spacial score (nSPS) is 12.5. The van der Waals surface area contributed by atoms with E-state index in [0.29, 0.717) is 25.6 Å². The highest BCUT2D eigenvalue weighted by molar-refractivity contribution is 7.88. The number of aliphatic imine (C=N–C) groups is 1. The number of nitrogens with zero attached hydrogens (tertiary/aromatic N) is 4. The highest BCUT2D eigenvalue weighted by atomic mass is 32.2. The van der Waals surface area contributed by atoms with E-state index >= 15 is 0 Å². The van der Waals surface area contributed by atoms with E-state index in [4.69, 9.17) is 0 Å². The number of aromatic nitrogens is 3. The molecule has 0 unspecified atom stereocenters. The van der Waals surface area contributed by atoms with Crippen molar-refractivity contribution in [2.45, 2.75) is 45.7 Å². The summed E-state index contributed by atoms with van der Waals surface area (Å²) in [6.45, 7) is 7.10. The van der Waals surface area contributed by atoms with Crippen LogP contribution in [0.15, 0.2) is 53.7 Å². The molecule has 0 saturated carbocycles. The number of guanidine groups is 1. The van der Waals surface area contributed by atoms with Crippen molar-refractivity contribution in [2.24, 2.45) is 4.99 Å². The van der Waals surface area contributed by atoms with Crippen molar-refractivity contribution in [3.8, 4) is 0 Å². The molecule has 0 radical (unpaired) electrons. The lowest BCUT2D eigenvalue weighted by atomic mass is 10.1. The molecule has 3 N–H and O–H groups in total. The number of sulfonamides is 1. The van der Waals surface area contributed by atoms with Gasteiger partial charge in [0, 0.05) is 18.8 Å². The second-order valence-corrected chi connectivity index (χ2v) is 9.15. The maximum atomic E-state index is 12.4. The monoisotopic (exact) mass is 443 g/mol. The van der Waals surface area contributed by atoms with E-state index in [-0.39, 0.29) is 11.8 Å². The quantitative estimate of drug-likeness (QED) is 0.343. The average Bonchev–Trinajstić information content (AvgIpc) is 3.13. The lowest BCUT2D eigenvalue weighted by molar-refractivity contribution is 0.569. The van der Waals surface area contributed by atoms with Crippen LogP contribution >= 0.6 is 0 Å². The van der Waals surface area contributed by atoms with Gasteiger partial charge in [0.2, 0.25) is 10.0 Å². The second-order valence-electron chi connectivity index (χ2n) is 7.39. The number of rotatable bonds is 9. The Balaban J connectivity index is 1.72. The Kier molecular flexibility index (Phi) is 7.59. The summed E-state index contributed by atoms with van der Waals surface area (Å²) in [5.74, 6) is 1.31. The molecule has 166 valence electrons. The lowest BCUT2D eigenvalue weighted by Crippen LogP contribution is -2.37. The summed E-state index contributed by atoms with van der Waals surface area (Å²) >= 11 is 0. The number of hydrogen-bond donors (Lipinski definition) is 3. The van der Waals surface area contributed by atoms with Crippen molar-refractivity contribution in [1.82, 2.24) is 30.0 Å². The van der Waals surface area contributed by atoms with Crippen molar-refractivity contribution in [1.29, 1.82) is 0 Å². The summed E-state index contributed by atoms with van der Waals surface area (Å²) in [6.07, 6.45) is 1.91. The van der Waals surface area contributed by atoms with Gasteiger partial charge in [-0.1, -0.05) is 30.3 Å². The first-order valence-electron chi connectivity index (χ1n) is 10.3. The molecule has 0 fully saturated rings. The van der Waals surface area contributed by atoms with Crippen LogP contribution in [0.1, 0.15) is 37.7 Å². The van der Waals surface area contributed by atoms with Crippen molar-refractivity contribution < 1.29 is 8.42 Å².